The molecule has 7 nitrogen and oxygen atoms in total. The van der Waals surface area contributed by atoms with E-state index in [1.54, 1.807) is 29.6 Å². The Balaban J connectivity index is 1.45. The minimum absolute atomic E-state index is 0.0571. The number of amides is 1. The number of aliphatic hydroxyl groups is 1. The van der Waals surface area contributed by atoms with E-state index in [4.69, 9.17) is 4.74 Å². The molecular weight excluding hydrogens is 478 g/mol. The van der Waals surface area contributed by atoms with Gasteiger partial charge in [0, 0.05) is 25.5 Å². The number of ketones is 1. The quantitative estimate of drug-likeness (QED) is 0.278. The molecule has 0 radical (unpaired) electrons. The van der Waals surface area contributed by atoms with E-state index in [1.165, 1.54) is 6.08 Å². The number of rotatable bonds is 10. The summed E-state index contributed by atoms with van der Waals surface area (Å²) in [6.45, 7) is 0.986. The summed E-state index contributed by atoms with van der Waals surface area (Å²) in [4.78, 5) is 32.3. The Morgan fingerprint density at radius 3 is 2.42 bits per heavy atom. The van der Waals surface area contributed by atoms with Crippen LogP contribution in [0.4, 0.5) is 0 Å². The van der Waals surface area contributed by atoms with Crippen LogP contribution in [0.3, 0.4) is 0 Å². The van der Waals surface area contributed by atoms with Gasteiger partial charge in [0.15, 0.2) is 11.5 Å². The molecule has 0 aliphatic carbocycles. The molecule has 4 aromatic rings. The van der Waals surface area contributed by atoms with Gasteiger partial charge in [0.25, 0.3) is 5.91 Å². The average Bonchev–Trinajstić information content (AvgIpc) is 3.55. The molecule has 3 aromatic carbocycles. The zero-order valence-corrected chi connectivity index (χ0v) is 20.7. The molecule has 0 bridgehead atoms. The number of carbonyl (C=O) groups excluding carboxylic acids is 2. The number of hydrogen-bond donors (Lipinski definition) is 1. The summed E-state index contributed by atoms with van der Waals surface area (Å²) in [5.41, 5.74) is 1.58. The smallest absolute Gasteiger partial charge is 0.290 e. The van der Waals surface area contributed by atoms with Gasteiger partial charge in [0.2, 0.25) is 0 Å². The molecule has 1 amide bonds. The summed E-state index contributed by atoms with van der Waals surface area (Å²) < 4.78 is 7.93. The summed E-state index contributed by atoms with van der Waals surface area (Å²) in [5.74, 6) is -0.264. The van der Waals surface area contributed by atoms with Gasteiger partial charge in [-0.25, -0.2) is 4.98 Å². The Morgan fingerprint density at radius 2 is 1.68 bits per heavy atom. The number of hydrogen-bond acceptors (Lipinski definition) is 5. The molecule has 1 aromatic heterocycles. The highest BCUT2D eigenvalue weighted by Crippen LogP contribution is 2.39. The molecule has 38 heavy (non-hydrogen) atoms. The third-order valence-electron chi connectivity index (χ3n) is 6.32. The lowest BCUT2D eigenvalue weighted by atomic mass is 9.95. The van der Waals surface area contributed by atoms with Crippen molar-refractivity contribution in [3.63, 3.8) is 0 Å². The van der Waals surface area contributed by atoms with Crippen molar-refractivity contribution in [3.8, 4) is 11.5 Å². The SMILES string of the molecule is O=C(/C=C/c1ccccc1)C1=C(O)C(=O)N(CCCn2ccnc2)C1c1cccc(Oc2ccccc2)c1. The summed E-state index contributed by atoms with van der Waals surface area (Å²) in [5, 5.41) is 10.9. The Morgan fingerprint density at radius 1 is 0.947 bits per heavy atom. The van der Waals surface area contributed by atoms with Crippen LogP contribution < -0.4 is 4.74 Å². The number of benzene rings is 3. The number of nitrogens with zero attached hydrogens (tertiary/aromatic N) is 3. The van der Waals surface area contributed by atoms with E-state index >= 15 is 0 Å². The van der Waals surface area contributed by atoms with Crippen LogP contribution in [0, 0.1) is 0 Å². The summed E-state index contributed by atoms with van der Waals surface area (Å²) in [6.07, 6.45) is 8.97. The maximum Gasteiger partial charge on any atom is 0.290 e. The minimum atomic E-state index is -0.752. The van der Waals surface area contributed by atoms with Crippen LogP contribution in [-0.4, -0.2) is 37.8 Å². The molecule has 1 aliphatic heterocycles. The van der Waals surface area contributed by atoms with Crippen molar-refractivity contribution < 1.29 is 19.4 Å². The fraction of sp³-hybridized carbons (Fsp3) is 0.129. The van der Waals surface area contributed by atoms with E-state index in [2.05, 4.69) is 4.98 Å². The Kier molecular flexibility index (Phi) is 7.45. The molecule has 1 atom stereocenters. The van der Waals surface area contributed by atoms with Crippen molar-refractivity contribution in [2.24, 2.45) is 0 Å². The lowest BCUT2D eigenvalue weighted by Gasteiger charge is -2.27. The first-order valence-corrected chi connectivity index (χ1v) is 12.4. The van der Waals surface area contributed by atoms with Crippen LogP contribution in [0.25, 0.3) is 6.08 Å². The van der Waals surface area contributed by atoms with Crippen LogP contribution in [0.5, 0.6) is 11.5 Å². The van der Waals surface area contributed by atoms with Crippen molar-refractivity contribution in [3.05, 3.63) is 132 Å². The zero-order chi connectivity index (χ0) is 26.3. The number of aromatic nitrogens is 2. The molecule has 1 N–H and O–H groups in total. The predicted molar refractivity (Wildman–Crippen MR) is 144 cm³/mol. The molecule has 2 heterocycles. The maximum atomic E-state index is 13.4. The molecular formula is C31H27N3O4. The second-order valence-corrected chi connectivity index (χ2v) is 8.91. The van der Waals surface area contributed by atoms with E-state index in [-0.39, 0.29) is 5.57 Å². The zero-order valence-electron chi connectivity index (χ0n) is 20.7. The highest BCUT2D eigenvalue weighted by atomic mass is 16.5. The second-order valence-electron chi connectivity index (χ2n) is 8.91. The summed E-state index contributed by atoms with van der Waals surface area (Å²) in [7, 11) is 0. The largest absolute Gasteiger partial charge is 0.503 e. The normalized spacial score (nSPS) is 15.4. The third-order valence-corrected chi connectivity index (χ3v) is 6.32. The van der Waals surface area contributed by atoms with E-state index in [1.807, 2.05) is 89.6 Å². The molecule has 7 heteroatoms. The summed E-state index contributed by atoms with van der Waals surface area (Å²) >= 11 is 0. The molecule has 5 rings (SSSR count). The van der Waals surface area contributed by atoms with Crippen molar-refractivity contribution in [2.45, 2.75) is 19.0 Å². The lowest BCUT2D eigenvalue weighted by Crippen LogP contribution is -2.32. The van der Waals surface area contributed by atoms with E-state index in [0.29, 0.717) is 36.6 Å². The minimum Gasteiger partial charge on any atom is -0.503 e. The number of para-hydroxylation sites is 1. The Bertz CT molecular complexity index is 1460. The van der Waals surface area contributed by atoms with Gasteiger partial charge in [-0.1, -0.05) is 66.7 Å². The van der Waals surface area contributed by atoms with Crippen LogP contribution in [-0.2, 0) is 16.1 Å². The summed E-state index contributed by atoms with van der Waals surface area (Å²) in [6, 6.07) is 25.3. The molecule has 1 aliphatic rings. The number of aryl methyl sites for hydroxylation is 1. The molecule has 0 saturated heterocycles. The van der Waals surface area contributed by atoms with Gasteiger partial charge in [-0.15, -0.1) is 0 Å². The van der Waals surface area contributed by atoms with Crippen molar-refractivity contribution >= 4 is 17.8 Å². The van der Waals surface area contributed by atoms with E-state index in [9.17, 15) is 14.7 Å². The highest BCUT2D eigenvalue weighted by Gasteiger charge is 2.42. The lowest BCUT2D eigenvalue weighted by molar-refractivity contribution is -0.129. The number of ether oxygens (including phenoxy) is 1. The first-order chi connectivity index (χ1) is 18.6. The van der Waals surface area contributed by atoms with Crippen LogP contribution in [0.1, 0.15) is 23.6 Å². The first-order valence-electron chi connectivity index (χ1n) is 12.4. The van der Waals surface area contributed by atoms with Crippen LogP contribution >= 0.6 is 0 Å². The fourth-order valence-corrected chi connectivity index (χ4v) is 4.52. The number of allylic oxidation sites excluding steroid dienone is 1. The molecule has 1 unspecified atom stereocenters. The van der Waals surface area contributed by atoms with Crippen LogP contribution in [0.15, 0.2) is 121 Å². The van der Waals surface area contributed by atoms with E-state index < -0.39 is 23.5 Å². The predicted octanol–water partition coefficient (Wildman–Crippen LogP) is 5.74. The van der Waals surface area contributed by atoms with Gasteiger partial charge in [-0.3, -0.25) is 9.59 Å². The Labute approximate surface area is 220 Å². The van der Waals surface area contributed by atoms with Gasteiger partial charge < -0.3 is 19.3 Å². The van der Waals surface area contributed by atoms with Crippen molar-refractivity contribution in [1.82, 2.24) is 14.5 Å². The standard InChI is InChI=1S/C31H27N3O4/c35-27(16-15-23-9-3-1-4-10-23)28-29(24-11-7-14-26(21-24)38-25-12-5-2-6-13-25)34(31(37)30(28)36)19-8-18-33-20-17-32-22-33/h1-7,9-17,20-22,29,36H,8,18-19H2/b16-15+. The maximum absolute atomic E-state index is 13.4. The number of carbonyl (C=O) groups is 2. The topological polar surface area (TPSA) is 84.7 Å². The van der Waals surface area contributed by atoms with Gasteiger partial charge in [0.05, 0.1) is 17.9 Å². The number of aliphatic hydroxyl groups excluding tert-OH is 1. The van der Waals surface area contributed by atoms with Crippen LogP contribution in [0.2, 0.25) is 0 Å². The molecule has 190 valence electrons. The highest BCUT2D eigenvalue weighted by molar-refractivity contribution is 6.14. The van der Waals surface area contributed by atoms with Gasteiger partial charge >= 0.3 is 0 Å². The first kappa shape index (κ1) is 24.8. The molecule has 0 fully saturated rings. The van der Waals surface area contributed by atoms with Crippen molar-refractivity contribution in [2.75, 3.05) is 6.54 Å². The van der Waals surface area contributed by atoms with Gasteiger partial charge in [-0.05, 0) is 47.9 Å². The fourth-order valence-electron chi connectivity index (χ4n) is 4.52. The molecule has 0 spiro atoms. The van der Waals surface area contributed by atoms with E-state index in [0.717, 1.165) is 5.56 Å². The average molecular weight is 506 g/mol. The second kappa shape index (κ2) is 11.4. The van der Waals surface area contributed by atoms with Crippen molar-refractivity contribution in [1.29, 1.82) is 0 Å². The van der Waals surface area contributed by atoms with Gasteiger partial charge in [0.1, 0.15) is 11.5 Å². The Hall–Kier alpha value is -4.91. The van der Waals surface area contributed by atoms with Gasteiger partial charge in [-0.2, -0.15) is 0 Å². The monoisotopic (exact) mass is 505 g/mol. The third kappa shape index (κ3) is 5.57. The molecule has 0 saturated carbocycles. The number of imidazole rings is 1.